The molecular formula is C24H25N5O4S2. The second-order valence-electron chi connectivity index (χ2n) is 7.76. The highest BCUT2D eigenvalue weighted by Gasteiger charge is 2.41. The topological polar surface area (TPSA) is 131 Å². The molecule has 182 valence electrons. The van der Waals surface area contributed by atoms with E-state index in [0.717, 1.165) is 17.0 Å². The van der Waals surface area contributed by atoms with E-state index in [4.69, 9.17) is 15.2 Å². The number of benzene rings is 1. The predicted octanol–water partition coefficient (Wildman–Crippen LogP) is 3.90. The molecule has 9 nitrogen and oxygen atoms in total. The maximum absolute atomic E-state index is 13.2. The molecule has 1 aromatic carbocycles. The van der Waals surface area contributed by atoms with Crippen LogP contribution in [0.3, 0.4) is 0 Å². The maximum atomic E-state index is 13.2. The number of aromatic nitrogens is 2. The molecule has 4 rings (SSSR count). The molecule has 35 heavy (non-hydrogen) atoms. The number of anilines is 1. The Labute approximate surface area is 211 Å². The molecule has 2 aromatic rings. The molecular weight excluding hydrogens is 486 g/mol. The van der Waals surface area contributed by atoms with Crippen LogP contribution in [0, 0.1) is 11.3 Å². The molecule has 11 heteroatoms. The molecule has 1 aliphatic heterocycles. The number of hydrogen-bond acceptors (Lipinski definition) is 11. The van der Waals surface area contributed by atoms with E-state index in [9.17, 15) is 14.9 Å². The van der Waals surface area contributed by atoms with Crippen LogP contribution in [0.15, 0.2) is 51.3 Å². The summed E-state index contributed by atoms with van der Waals surface area (Å²) < 4.78 is 11.1. The number of ketones is 1. The van der Waals surface area contributed by atoms with Gasteiger partial charge in [-0.15, -0.1) is 10.2 Å². The predicted molar refractivity (Wildman–Crippen MR) is 133 cm³/mol. The fourth-order valence-corrected chi connectivity index (χ4v) is 5.91. The normalized spacial score (nSPS) is 17.8. The van der Waals surface area contributed by atoms with E-state index in [-0.39, 0.29) is 23.3 Å². The number of nitrogens with two attached hydrogens (primary N) is 1. The van der Waals surface area contributed by atoms with Crippen LogP contribution < -0.4 is 15.4 Å². The number of nitriles is 1. The van der Waals surface area contributed by atoms with Gasteiger partial charge in [0.25, 0.3) is 0 Å². The maximum Gasteiger partial charge on any atom is 0.316 e. The first-order valence-electron chi connectivity index (χ1n) is 11.3. The molecule has 0 saturated heterocycles. The summed E-state index contributed by atoms with van der Waals surface area (Å²) in [5.41, 5.74) is 8.98. The smallest absolute Gasteiger partial charge is 0.316 e. The zero-order chi connectivity index (χ0) is 24.9. The van der Waals surface area contributed by atoms with E-state index >= 15 is 0 Å². The summed E-state index contributed by atoms with van der Waals surface area (Å²) in [6.45, 7) is 4.52. The molecule has 1 unspecified atom stereocenters. The first-order valence-corrected chi connectivity index (χ1v) is 13.1. The van der Waals surface area contributed by atoms with Gasteiger partial charge >= 0.3 is 5.97 Å². The van der Waals surface area contributed by atoms with Gasteiger partial charge in [-0.1, -0.05) is 35.2 Å². The van der Waals surface area contributed by atoms with Crippen molar-refractivity contribution in [1.82, 2.24) is 10.2 Å². The Kier molecular flexibility index (Phi) is 7.73. The van der Waals surface area contributed by atoms with Crippen molar-refractivity contribution in [3.8, 4) is 11.8 Å². The van der Waals surface area contributed by atoms with Crippen LogP contribution >= 0.6 is 23.1 Å². The Bertz CT molecular complexity index is 1230. The van der Waals surface area contributed by atoms with E-state index in [2.05, 4.69) is 16.3 Å². The summed E-state index contributed by atoms with van der Waals surface area (Å²) in [5, 5.41) is 19.0. The fourth-order valence-electron chi connectivity index (χ4n) is 4.24. The lowest BCUT2D eigenvalue weighted by molar-refractivity contribution is -0.139. The Balaban J connectivity index is 1.73. The molecule has 0 fully saturated rings. The van der Waals surface area contributed by atoms with Crippen LogP contribution in [0.2, 0.25) is 0 Å². The van der Waals surface area contributed by atoms with E-state index < -0.39 is 5.92 Å². The number of hydrogen-bond donors (Lipinski definition) is 1. The number of esters is 1. The van der Waals surface area contributed by atoms with Gasteiger partial charge in [-0.25, -0.2) is 0 Å². The van der Waals surface area contributed by atoms with E-state index in [0.29, 0.717) is 53.1 Å². The Morgan fingerprint density at radius 3 is 2.71 bits per heavy atom. The van der Waals surface area contributed by atoms with Crippen LogP contribution in [-0.4, -0.2) is 40.9 Å². The van der Waals surface area contributed by atoms with Crippen LogP contribution in [0.4, 0.5) is 5.13 Å². The van der Waals surface area contributed by atoms with Crippen LogP contribution in [0.25, 0.3) is 0 Å². The number of rotatable bonds is 8. The first kappa shape index (κ1) is 24.8. The van der Waals surface area contributed by atoms with Gasteiger partial charge in [0.1, 0.15) is 11.6 Å². The largest absolute Gasteiger partial charge is 0.494 e. The van der Waals surface area contributed by atoms with Gasteiger partial charge in [0.15, 0.2) is 10.1 Å². The van der Waals surface area contributed by atoms with Crippen molar-refractivity contribution in [1.29, 1.82) is 5.26 Å². The van der Waals surface area contributed by atoms with Gasteiger partial charge in [0, 0.05) is 17.7 Å². The standard InChI is InChI=1S/C24H25N5O4S2/c1-3-32-15-10-8-14(9-11-15)20-16(12-25)22(26)29(17-6-5-7-18(30)21(17)20)23-27-28-24(35-23)34-13-19(31)33-4-2/h8-11,20H,3-7,13,26H2,1-2H3. The lowest BCUT2D eigenvalue weighted by Crippen LogP contribution is -2.38. The number of thioether (sulfide) groups is 1. The Morgan fingerprint density at radius 1 is 1.26 bits per heavy atom. The summed E-state index contributed by atoms with van der Waals surface area (Å²) in [7, 11) is 0. The third-order valence-electron chi connectivity index (χ3n) is 5.64. The third-order valence-corrected chi connectivity index (χ3v) is 7.66. The number of Topliss-reactive ketones (excluding diaryl/α,β-unsaturated/α-hetero) is 1. The third kappa shape index (κ3) is 5.04. The summed E-state index contributed by atoms with van der Waals surface area (Å²) in [6, 6.07) is 9.66. The zero-order valence-corrected chi connectivity index (χ0v) is 21.1. The van der Waals surface area contributed by atoms with Gasteiger partial charge in [0.2, 0.25) is 5.13 Å². The first-order chi connectivity index (χ1) is 17.0. The average Bonchev–Trinajstić information content (AvgIpc) is 3.31. The van der Waals surface area contributed by atoms with Crippen molar-refractivity contribution in [3.05, 3.63) is 52.5 Å². The van der Waals surface area contributed by atoms with Gasteiger partial charge in [-0.05, 0) is 44.4 Å². The monoisotopic (exact) mass is 511 g/mol. The minimum Gasteiger partial charge on any atom is -0.494 e. The molecule has 2 heterocycles. The number of carbonyl (C=O) groups is 2. The molecule has 1 aromatic heterocycles. The average molecular weight is 512 g/mol. The van der Waals surface area contributed by atoms with Crippen molar-refractivity contribution in [2.24, 2.45) is 5.73 Å². The van der Waals surface area contributed by atoms with Crippen molar-refractivity contribution in [2.75, 3.05) is 23.9 Å². The molecule has 0 amide bonds. The Hall–Kier alpha value is -3.36. The number of carbonyl (C=O) groups excluding carboxylic acids is 2. The highest BCUT2D eigenvalue weighted by molar-refractivity contribution is 8.01. The van der Waals surface area contributed by atoms with Crippen molar-refractivity contribution >= 4 is 40.0 Å². The van der Waals surface area contributed by atoms with Crippen LogP contribution in [0.1, 0.15) is 44.6 Å². The molecule has 2 aliphatic rings. The minimum atomic E-state index is -0.555. The van der Waals surface area contributed by atoms with Gasteiger partial charge in [-0.3, -0.25) is 14.5 Å². The SMILES string of the molecule is CCOC(=O)CSc1nnc(N2C(N)=C(C#N)C(c3ccc(OCC)cc3)C3=C2CCCC3=O)s1. The second kappa shape index (κ2) is 10.9. The van der Waals surface area contributed by atoms with Gasteiger partial charge in [-0.2, -0.15) is 5.26 Å². The van der Waals surface area contributed by atoms with Crippen LogP contribution in [0.5, 0.6) is 5.75 Å². The second-order valence-corrected chi connectivity index (χ2v) is 9.94. The summed E-state index contributed by atoms with van der Waals surface area (Å²) in [5.74, 6) is 0.174. The molecule has 0 radical (unpaired) electrons. The Morgan fingerprint density at radius 2 is 2.03 bits per heavy atom. The fraction of sp³-hybridized carbons (Fsp3) is 0.375. The lowest BCUT2D eigenvalue weighted by atomic mass is 9.76. The van der Waals surface area contributed by atoms with E-state index in [1.54, 1.807) is 11.8 Å². The van der Waals surface area contributed by atoms with Crippen molar-refractivity contribution in [2.45, 2.75) is 43.4 Å². The molecule has 0 saturated carbocycles. The number of allylic oxidation sites excluding steroid dienone is 3. The molecule has 1 atom stereocenters. The van der Waals surface area contributed by atoms with E-state index in [1.807, 2.05) is 31.2 Å². The summed E-state index contributed by atoms with van der Waals surface area (Å²) in [6.07, 6.45) is 1.72. The van der Waals surface area contributed by atoms with Crippen molar-refractivity contribution in [3.63, 3.8) is 0 Å². The van der Waals surface area contributed by atoms with Gasteiger partial charge < -0.3 is 15.2 Å². The summed E-state index contributed by atoms with van der Waals surface area (Å²) in [4.78, 5) is 26.6. The van der Waals surface area contributed by atoms with Crippen LogP contribution in [-0.2, 0) is 14.3 Å². The zero-order valence-electron chi connectivity index (χ0n) is 19.4. The molecule has 1 aliphatic carbocycles. The van der Waals surface area contributed by atoms with Crippen molar-refractivity contribution < 1.29 is 19.1 Å². The number of ether oxygens (including phenoxy) is 2. The number of nitrogens with zero attached hydrogens (tertiary/aromatic N) is 4. The molecule has 2 N–H and O–H groups in total. The minimum absolute atomic E-state index is 0.00295. The molecule has 0 bridgehead atoms. The lowest BCUT2D eigenvalue weighted by Gasteiger charge is -2.38. The quantitative estimate of drug-likeness (QED) is 0.411. The van der Waals surface area contributed by atoms with Gasteiger partial charge in [0.05, 0.1) is 36.5 Å². The molecule has 0 spiro atoms. The highest BCUT2D eigenvalue weighted by Crippen LogP contribution is 2.47. The highest BCUT2D eigenvalue weighted by atomic mass is 32.2. The van der Waals surface area contributed by atoms with E-state index in [1.165, 1.54) is 23.1 Å². The summed E-state index contributed by atoms with van der Waals surface area (Å²) >= 11 is 2.47.